The minimum Gasteiger partial charge on any atom is -0.381 e. The van der Waals surface area contributed by atoms with Gasteiger partial charge in [-0.25, -0.2) is 4.98 Å². The van der Waals surface area contributed by atoms with Crippen molar-refractivity contribution in [1.29, 1.82) is 0 Å². The van der Waals surface area contributed by atoms with E-state index in [0.29, 0.717) is 26.1 Å². The molecule has 1 aromatic heterocycles. The first-order valence-electron chi connectivity index (χ1n) is 6.22. The van der Waals surface area contributed by atoms with Gasteiger partial charge in [-0.05, 0) is 19.3 Å². The molecule has 1 atom stereocenters. The van der Waals surface area contributed by atoms with Crippen LogP contribution in [0.4, 0.5) is 0 Å². The first-order chi connectivity index (χ1) is 8.65. The number of thiazole rings is 1. The number of carbonyl (C=O) groups excluding carboxylic acids is 1. The van der Waals surface area contributed by atoms with Crippen LogP contribution in [0.2, 0.25) is 0 Å². The summed E-state index contributed by atoms with van der Waals surface area (Å²) in [6.07, 6.45) is 3.72. The van der Waals surface area contributed by atoms with Gasteiger partial charge < -0.3 is 15.8 Å². The molecule has 0 aromatic carbocycles. The molecule has 18 heavy (non-hydrogen) atoms. The third-order valence-electron chi connectivity index (χ3n) is 3.30. The summed E-state index contributed by atoms with van der Waals surface area (Å²) in [6, 6.07) is -0.0410. The van der Waals surface area contributed by atoms with E-state index in [1.807, 2.05) is 12.3 Å². The third-order valence-corrected chi connectivity index (χ3v) is 4.19. The third kappa shape index (κ3) is 2.88. The topological polar surface area (TPSA) is 77.2 Å². The average Bonchev–Trinajstić information content (AvgIpc) is 2.90. The van der Waals surface area contributed by atoms with Gasteiger partial charge in [0.05, 0.1) is 11.6 Å². The SMILES string of the molecule is CCC(NC(=O)C1(N)CCOCC1)c1nccs1. The van der Waals surface area contributed by atoms with Gasteiger partial charge >= 0.3 is 0 Å². The summed E-state index contributed by atoms with van der Waals surface area (Å²) in [5.41, 5.74) is 5.36. The summed E-state index contributed by atoms with van der Waals surface area (Å²) in [7, 11) is 0. The fourth-order valence-electron chi connectivity index (χ4n) is 2.01. The average molecular weight is 269 g/mol. The Morgan fingerprint density at radius 2 is 2.39 bits per heavy atom. The monoisotopic (exact) mass is 269 g/mol. The van der Waals surface area contributed by atoms with Gasteiger partial charge in [-0.1, -0.05) is 6.92 Å². The van der Waals surface area contributed by atoms with E-state index < -0.39 is 5.54 Å². The van der Waals surface area contributed by atoms with Crippen LogP contribution in [-0.4, -0.2) is 29.6 Å². The maximum atomic E-state index is 12.3. The molecule has 1 amide bonds. The lowest BCUT2D eigenvalue weighted by Crippen LogP contribution is -2.57. The number of rotatable bonds is 4. The maximum absolute atomic E-state index is 12.3. The van der Waals surface area contributed by atoms with Gasteiger partial charge in [0.2, 0.25) is 5.91 Å². The molecular formula is C12H19N3O2S. The molecule has 1 aliphatic heterocycles. The van der Waals surface area contributed by atoms with E-state index in [4.69, 9.17) is 10.5 Å². The fraction of sp³-hybridized carbons (Fsp3) is 0.667. The van der Waals surface area contributed by atoms with Crippen LogP contribution in [-0.2, 0) is 9.53 Å². The van der Waals surface area contributed by atoms with E-state index in [1.54, 1.807) is 17.5 Å². The zero-order valence-corrected chi connectivity index (χ0v) is 11.3. The molecule has 1 fully saturated rings. The molecule has 0 aliphatic carbocycles. The Morgan fingerprint density at radius 3 is 2.94 bits per heavy atom. The highest BCUT2D eigenvalue weighted by atomic mass is 32.1. The van der Waals surface area contributed by atoms with Crippen LogP contribution in [0.25, 0.3) is 0 Å². The predicted molar refractivity (Wildman–Crippen MR) is 70.3 cm³/mol. The zero-order chi connectivity index (χ0) is 13.0. The van der Waals surface area contributed by atoms with Crippen molar-refractivity contribution >= 4 is 17.2 Å². The van der Waals surface area contributed by atoms with Crippen LogP contribution in [0.1, 0.15) is 37.2 Å². The summed E-state index contributed by atoms with van der Waals surface area (Å²) < 4.78 is 5.25. The van der Waals surface area contributed by atoms with Crippen molar-refractivity contribution in [1.82, 2.24) is 10.3 Å². The highest BCUT2D eigenvalue weighted by molar-refractivity contribution is 7.09. The Balaban J connectivity index is 2.01. The summed E-state index contributed by atoms with van der Waals surface area (Å²) in [6.45, 7) is 3.13. The Labute approximate surface area is 111 Å². The van der Waals surface area contributed by atoms with Crippen molar-refractivity contribution in [3.8, 4) is 0 Å². The van der Waals surface area contributed by atoms with Gasteiger partial charge in [0, 0.05) is 24.8 Å². The number of ether oxygens (including phenoxy) is 1. The zero-order valence-electron chi connectivity index (χ0n) is 10.5. The molecule has 2 rings (SSSR count). The van der Waals surface area contributed by atoms with Gasteiger partial charge in [0.15, 0.2) is 0 Å². The van der Waals surface area contributed by atoms with Crippen LogP contribution >= 0.6 is 11.3 Å². The van der Waals surface area contributed by atoms with Crippen LogP contribution < -0.4 is 11.1 Å². The normalized spacial score (nSPS) is 20.3. The van der Waals surface area contributed by atoms with Crippen molar-refractivity contribution in [2.24, 2.45) is 5.73 Å². The molecule has 1 unspecified atom stereocenters. The van der Waals surface area contributed by atoms with E-state index in [9.17, 15) is 4.79 Å². The standard InChI is InChI=1S/C12H19N3O2S/c1-2-9(10-14-5-8-18-10)15-11(16)12(13)3-6-17-7-4-12/h5,8-9H,2-4,6-7,13H2,1H3,(H,15,16). The first-order valence-corrected chi connectivity index (χ1v) is 7.10. The quantitative estimate of drug-likeness (QED) is 0.861. The lowest BCUT2D eigenvalue weighted by molar-refractivity contribution is -0.130. The number of hydrogen-bond acceptors (Lipinski definition) is 5. The van der Waals surface area contributed by atoms with E-state index in [2.05, 4.69) is 10.3 Å². The van der Waals surface area contributed by atoms with Gasteiger partial charge in [0.1, 0.15) is 5.01 Å². The molecule has 0 radical (unpaired) electrons. The molecule has 3 N–H and O–H groups in total. The van der Waals surface area contributed by atoms with Crippen molar-refractivity contribution in [3.63, 3.8) is 0 Å². The first kappa shape index (κ1) is 13.5. The number of carbonyl (C=O) groups is 1. The molecule has 0 spiro atoms. The van der Waals surface area contributed by atoms with Crippen LogP contribution in [0, 0.1) is 0 Å². The smallest absolute Gasteiger partial charge is 0.240 e. The second kappa shape index (κ2) is 5.77. The van der Waals surface area contributed by atoms with Crippen molar-refractivity contribution in [2.45, 2.75) is 37.8 Å². The molecule has 0 bridgehead atoms. The summed E-state index contributed by atoms with van der Waals surface area (Å²) in [4.78, 5) is 16.5. The predicted octanol–water partition coefficient (Wildman–Crippen LogP) is 1.22. The Morgan fingerprint density at radius 1 is 1.67 bits per heavy atom. The highest BCUT2D eigenvalue weighted by Crippen LogP contribution is 2.22. The van der Waals surface area contributed by atoms with E-state index in [1.165, 1.54) is 0 Å². The van der Waals surface area contributed by atoms with Crippen molar-refractivity contribution in [2.75, 3.05) is 13.2 Å². The second-order valence-corrected chi connectivity index (χ2v) is 5.50. The molecule has 5 nitrogen and oxygen atoms in total. The lowest BCUT2D eigenvalue weighted by atomic mass is 9.90. The Kier molecular flexibility index (Phi) is 4.31. The number of aromatic nitrogens is 1. The van der Waals surface area contributed by atoms with Crippen LogP contribution in [0.3, 0.4) is 0 Å². The van der Waals surface area contributed by atoms with E-state index >= 15 is 0 Å². The summed E-state index contributed by atoms with van der Waals surface area (Å²) >= 11 is 1.55. The summed E-state index contributed by atoms with van der Waals surface area (Å²) in [5.74, 6) is -0.0900. The van der Waals surface area contributed by atoms with Gasteiger partial charge in [-0.2, -0.15) is 0 Å². The largest absolute Gasteiger partial charge is 0.381 e. The van der Waals surface area contributed by atoms with Gasteiger partial charge in [-0.15, -0.1) is 11.3 Å². The molecule has 1 aliphatic rings. The minimum atomic E-state index is -0.789. The number of hydrogen-bond donors (Lipinski definition) is 2. The molecular weight excluding hydrogens is 250 g/mol. The van der Waals surface area contributed by atoms with Gasteiger partial charge in [-0.3, -0.25) is 4.79 Å². The Hall–Kier alpha value is -0.980. The highest BCUT2D eigenvalue weighted by Gasteiger charge is 2.37. The lowest BCUT2D eigenvalue weighted by Gasteiger charge is -2.33. The van der Waals surface area contributed by atoms with Crippen LogP contribution in [0.15, 0.2) is 11.6 Å². The van der Waals surface area contributed by atoms with E-state index in [-0.39, 0.29) is 11.9 Å². The van der Waals surface area contributed by atoms with Crippen LogP contribution in [0.5, 0.6) is 0 Å². The molecule has 1 saturated heterocycles. The molecule has 0 saturated carbocycles. The maximum Gasteiger partial charge on any atom is 0.240 e. The second-order valence-electron chi connectivity index (χ2n) is 4.57. The molecule has 6 heteroatoms. The molecule has 2 heterocycles. The number of amides is 1. The number of nitrogens with one attached hydrogen (secondary N) is 1. The van der Waals surface area contributed by atoms with Crippen molar-refractivity contribution < 1.29 is 9.53 Å². The fourth-order valence-corrected chi connectivity index (χ4v) is 2.78. The van der Waals surface area contributed by atoms with Gasteiger partial charge in [0.25, 0.3) is 0 Å². The molecule has 100 valence electrons. The number of nitrogens with zero attached hydrogens (tertiary/aromatic N) is 1. The van der Waals surface area contributed by atoms with Crippen molar-refractivity contribution in [3.05, 3.63) is 16.6 Å². The number of nitrogens with two attached hydrogens (primary N) is 1. The van der Waals surface area contributed by atoms with E-state index in [0.717, 1.165) is 11.4 Å². The minimum absolute atomic E-state index is 0.0410. The molecule has 1 aromatic rings. The Bertz CT molecular complexity index is 388. The summed E-state index contributed by atoms with van der Waals surface area (Å²) in [5, 5.41) is 5.85.